The molecule has 78 valence electrons. The van der Waals surface area contributed by atoms with Crippen molar-refractivity contribution in [2.45, 2.75) is 0 Å². The van der Waals surface area contributed by atoms with Crippen LogP contribution >= 0.6 is 0 Å². The molecule has 0 aliphatic rings. The first kappa shape index (κ1) is 11.0. The number of nitrogens with zero attached hydrogens (tertiary/aromatic N) is 1. The van der Waals surface area contributed by atoms with Crippen molar-refractivity contribution in [2.24, 2.45) is 7.05 Å². The predicted molar refractivity (Wildman–Crippen MR) is 57.2 cm³/mol. The minimum atomic E-state index is -0.182. The van der Waals surface area contributed by atoms with E-state index in [1.165, 1.54) is 18.4 Å². The Labute approximate surface area is 87.9 Å². The Hall–Kier alpha value is -2.10. The van der Waals surface area contributed by atoms with Crippen molar-refractivity contribution in [3.8, 4) is 0 Å². The second-order valence-electron chi connectivity index (χ2n) is 2.86. The highest BCUT2D eigenvalue weighted by atomic mass is 16.1. The number of nitrogens with one attached hydrogen (secondary N) is 1. The molecule has 4 nitrogen and oxygen atoms in total. The third-order valence-electron chi connectivity index (χ3n) is 1.79. The topological polar surface area (TPSA) is 51.1 Å². The van der Waals surface area contributed by atoms with Gasteiger partial charge in [0.2, 0.25) is 0 Å². The lowest BCUT2D eigenvalue weighted by molar-refractivity contribution is -0.104. The summed E-state index contributed by atoms with van der Waals surface area (Å²) in [5, 5.41) is 2.58. The molecule has 0 atom stereocenters. The van der Waals surface area contributed by atoms with Gasteiger partial charge in [0, 0.05) is 19.4 Å². The Morgan fingerprint density at radius 2 is 2.20 bits per heavy atom. The molecule has 0 bridgehead atoms. The fourth-order valence-corrected chi connectivity index (χ4v) is 1.06. The molecule has 0 aliphatic carbocycles. The van der Waals surface area contributed by atoms with Gasteiger partial charge in [0.1, 0.15) is 12.0 Å². The minimum absolute atomic E-state index is 0.182. The molecule has 0 unspecified atom stereocenters. The molecule has 0 aromatic carbocycles. The van der Waals surface area contributed by atoms with Gasteiger partial charge in [-0.1, -0.05) is 6.08 Å². The summed E-state index contributed by atoms with van der Waals surface area (Å²) in [7, 11) is 1.80. The number of aldehydes is 1. The van der Waals surface area contributed by atoms with Gasteiger partial charge in [0.15, 0.2) is 0 Å². The van der Waals surface area contributed by atoms with E-state index in [2.05, 4.69) is 5.32 Å². The van der Waals surface area contributed by atoms with E-state index < -0.39 is 0 Å². The van der Waals surface area contributed by atoms with E-state index in [4.69, 9.17) is 0 Å². The van der Waals surface area contributed by atoms with Crippen molar-refractivity contribution in [3.05, 3.63) is 48.5 Å². The normalized spacial score (nSPS) is 11.0. The van der Waals surface area contributed by atoms with Crippen molar-refractivity contribution >= 4 is 12.2 Å². The van der Waals surface area contributed by atoms with E-state index >= 15 is 0 Å². The van der Waals surface area contributed by atoms with Crippen LogP contribution in [0.25, 0.3) is 0 Å². The van der Waals surface area contributed by atoms with Gasteiger partial charge in [-0.25, -0.2) is 0 Å². The van der Waals surface area contributed by atoms with Crippen molar-refractivity contribution in [3.63, 3.8) is 0 Å². The maximum Gasteiger partial charge on any atom is 0.271 e. The molecule has 1 rings (SSSR count). The summed E-state index contributed by atoms with van der Waals surface area (Å²) in [6.45, 7) is 0. The Morgan fingerprint density at radius 1 is 1.40 bits per heavy atom. The van der Waals surface area contributed by atoms with Gasteiger partial charge in [-0.3, -0.25) is 9.59 Å². The Balaban J connectivity index is 2.50. The SMILES string of the molecule is Cn1cccc1C(=O)N/C=C/C=C/C=O. The van der Waals surface area contributed by atoms with Crippen LogP contribution in [0.15, 0.2) is 42.8 Å². The zero-order valence-electron chi connectivity index (χ0n) is 8.38. The highest BCUT2D eigenvalue weighted by molar-refractivity contribution is 5.93. The summed E-state index contributed by atoms with van der Waals surface area (Å²) in [4.78, 5) is 21.4. The summed E-state index contributed by atoms with van der Waals surface area (Å²) in [5.74, 6) is -0.182. The largest absolute Gasteiger partial charge is 0.347 e. The van der Waals surface area contributed by atoms with Crippen LogP contribution < -0.4 is 5.32 Å². The fraction of sp³-hybridized carbons (Fsp3) is 0.0909. The van der Waals surface area contributed by atoms with Crippen LogP contribution in [0.3, 0.4) is 0 Å². The zero-order valence-corrected chi connectivity index (χ0v) is 8.38. The number of amides is 1. The van der Waals surface area contributed by atoms with Gasteiger partial charge in [-0.05, 0) is 24.3 Å². The first-order chi connectivity index (χ1) is 7.25. The Bertz CT molecular complexity index is 402. The quantitative estimate of drug-likeness (QED) is 0.452. The van der Waals surface area contributed by atoms with Gasteiger partial charge in [-0.2, -0.15) is 0 Å². The third kappa shape index (κ3) is 3.27. The van der Waals surface area contributed by atoms with E-state index in [1.807, 2.05) is 0 Å². The van der Waals surface area contributed by atoms with Gasteiger partial charge in [-0.15, -0.1) is 0 Å². The number of aryl methyl sites for hydroxylation is 1. The first-order valence-electron chi connectivity index (χ1n) is 4.45. The van der Waals surface area contributed by atoms with Crippen molar-refractivity contribution in [2.75, 3.05) is 0 Å². The van der Waals surface area contributed by atoms with Gasteiger partial charge >= 0.3 is 0 Å². The van der Waals surface area contributed by atoms with Crippen LogP contribution in [0.2, 0.25) is 0 Å². The fourth-order valence-electron chi connectivity index (χ4n) is 1.06. The molecule has 0 fully saturated rings. The molecule has 1 heterocycles. The average Bonchev–Trinajstić information content (AvgIpc) is 2.64. The lowest BCUT2D eigenvalue weighted by Crippen LogP contribution is -2.19. The summed E-state index contributed by atoms with van der Waals surface area (Å²) in [6, 6.07) is 3.52. The molecule has 15 heavy (non-hydrogen) atoms. The summed E-state index contributed by atoms with van der Waals surface area (Å²) >= 11 is 0. The molecule has 1 N–H and O–H groups in total. The highest BCUT2D eigenvalue weighted by Gasteiger charge is 2.05. The average molecular weight is 204 g/mol. The van der Waals surface area contributed by atoms with Gasteiger partial charge < -0.3 is 9.88 Å². The number of aromatic nitrogens is 1. The van der Waals surface area contributed by atoms with E-state index in [-0.39, 0.29) is 5.91 Å². The number of allylic oxidation sites excluding steroid dienone is 3. The van der Waals surface area contributed by atoms with Gasteiger partial charge in [0.05, 0.1) is 0 Å². The second kappa shape index (κ2) is 5.59. The lowest BCUT2D eigenvalue weighted by atomic mass is 10.4. The maximum atomic E-state index is 11.5. The van der Waals surface area contributed by atoms with Gasteiger partial charge in [0.25, 0.3) is 5.91 Å². The highest BCUT2D eigenvalue weighted by Crippen LogP contribution is 1.98. The maximum absolute atomic E-state index is 11.5. The number of carbonyl (C=O) groups excluding carboxylic acids is 2. The molecular formula is C11H12N2O2. The molecule has 1 aromatic rings. The number of hydrogen-bond donors (Lipinski definition) is 1. The summed E-state index contributed by atoms with van der Waals surface area (Å²) < 4.78 is 1.73. The molecule has 0 saturated heterocycles. The van der Waals surface area contributed by atoms with E-state index in [0.29, 0.717) is 12.0 Å². The van der Waals surface area contributed by atoms with E-state index in [9.17, 15) is 9.59 Å². The van der Waals surface area contributed by atoms with Crippen LogP contribution in [0.1, 0.15) is 10.5 Å². The third-order valence-corrected chi connectivity index (χ3v) is 1.79. The number of rotatable bonds is 4. The lowest BCUT2D eigenvalue weighted by Gasteiger charge is -2.00. The van der Waals surface area contributed by atoms with Crippen LogP contribution in [0.5, 0.6) is 0 Å². The van der Waals surface area contributed by atoms with Crippen LogP contribution in [0, 0.1) is 0 Å². The first-order valence-corrected chi connectivity index (χ1v) is 4.45. The monoisotopic (exact) mass is 204 g/mol. The molecule has 0 saturated carbocycles. The molecule has 0 aliphatic heterocycles. The number of carbonyl (C=O) groups is 2. The molecule has 4 heteroatoms. The van der Waals surface area contributed by atoms with Crippen molar-refractivity contribution < 1.29 is 9.59 Å². The minimum Gasteiger partial charge on any atom is -0.347 e. The predicted octanol–water partition coefficient (Wildman–Crippen LogP) is 1.02. The zero-order chi connectivity index (χ0) is 11.1. The van der Waals surface area contributed by atoms with Crippen molar-refractivity contribution in [1.82, 2.24) is 9.88 Å². The molecule has 1 amide bonds. The second-order valence-corrected chi connectivity index (χ2v) is 2.86. The Kier molecular flexibility index (Phi) is 4.09. The summed E-state index contributed by atoms with van der Waals surface area (Å²) in [5.41, 5.74) is 0.582. The molecule has 0 radical (unpaired) electrons. The van der Waals surface area contributed by atoms with Crippen molar-refractivity contribution in [1.29, 1.82) is 0 Å². The van der Waals surface area contributed by atoms with Crippen LogP contribution in [-0.4, -0.2) is 16.8 Å². The Morgan fingerprint density at radius 3 is 2.80 bits per heavy atom. The van der Waals surface area contributed by atoms with E-state index in [1.54, 1.807) is 36.0 Å². The molecule has 1 aromatic heterocycles. The number of hydrogen-bond acceptors (Lipinski definition) is 2. The van der Waals surface area contributed by atoms with Crippen LogP contribution in [0.4, 0.5) is 0 Å². The standard InChI is InChI=1S/C11H12N2O2/c1-13-8-5-6-10(13)11(15)12-7-3-2-4-9-14/h2-9H,1H3,(H,12,15)/b4-2+,7-3+. The molecule has 0 spiro atoms. The molecular weight excluding hydrogens is 192 g/mol. The van der Waals surface area contributed by atoms with Crippen LogP contribution in [-0.2, 0) is 11.8 Å². The van der Waals surface area contributed by atoms with E-state index in [0.717, 1.165) is 0 Å². The smallest absolute Gasteiger partial charge is 0.271 e. The summed E-state index contributed by atoms with van der Waals surface area (Å²) in [6.07, 6.45) is 8.41.